The predicted molar refractivity (Wildman–Crippen MR) is 149 cm³/mol. The predicted octanol–water partition coefficient (Wildman–Crippen LogP) is 8.90. The largest absolute Gasteiger partial charge is 0.455 e. The Balaban J connectivity index is 1.46. The minimum absolute atomic E-state index is 0.104. The Kier molecular flexibility index (Phi) is 3.08. The highest BCUT2D eigenvalue weighted by Gasteiger charge is 2.17. The standard InChI is InChI=1S/C33H20N2O/c1-2-10-22(11-3-1)35-30-16-7-6-13-24(30)28-20-34-29(19-31(28)35)27-15-8-14-25-26-18-17-21-9-4-5-12-23(21)32(26)36-33(25)27/h1-20H/i1D,2D,3D,10D,11D. The topological polar surface area (TPSA) is 31.0 Å². The van der Waals surface area contributed by atoms with E-state index in [4.69, 9.17) is 16.3 Å². The summed E-state index contributed by atoms with van der Waals surface area (Å²) in [5.41, 5.74) is 4.52. The summed E-state index contributed by atoms with van der Waals surface area (Å²) in [5.74, 6) is 0. The SMILES string of the molecule is [2H]c1c([2H])c([2H])c(-n2c3ccccc3c3cnc(-c4cccc5c4oc4c6ccccc6ccc54)cc32)c([2H])c1[2H]. The van der Waals surface area contributed by atoms with Gasteiger partial charge in [0.05, 0.1) is 23.6 Å². The van der Waals surface area contributed by atoms with Crippen molar-refractivity contribution in [1.82, 2.24) is 9.55 Å². The number of para-hydroxylation sites is 3. The average Bonchev–Trinajstić information content (AvgIpc) is 3.55. The van der Waals surface area contributed by atoms with Gasteiger partial charge in [-0.05, 0) is 41.7 Å². The van der Waals surface area contributed by atoms with Crippen LogP contribution in [0.1, 0.15) is 6.85 Å². The number of aromatic nitrogens is 2. The molecule has 0 fully saturated rings. The molecule has 0 aliphatic rings. The van der Waals surface area contributed by atoms with E-state index in [1.165, 1.54) is 0 Å². The molecular formula is C33H20N2O. The van der Waals surface area contributed by atoms with E-state index in [1.807, 2.05) is 60.7 Å². The maximum atomic E-state index is 8.69. The molecule has 0 amide bonds. The first-order valence-electron chi connectivity index (χ1n) is 14.2. The van der Waals surface area contributed by atoms with Crippen molar-refractivity contribution in [2.75, 3.05) is 0 Å². The Morgan fingerprint density at radius 3 is 2.33 bits per heavy atom. The Morgan fingerprint density at radius 2 is 1.42 bits per heavy atom. The lowest BCUT2D eigenvalue weighted by Gasteiger charge is -2.08. The van der Waals surface area contributed by atoms with Crippen LogP contribution in [-0.2, 0) is 0 Å². The smallest absolute Gasteiger partial charge is 0.144 e. The van der Waals surface area contributed by atoms with Crippen LogP contribution >= 0.6 is 0 Å². The lowest BCUT2D eigenvalue weighted by molar-refractivity contribution is 0.673. The minimum Gasteiger partial charge on any atom is -0.455 e. The molecule has 0 aliphatic carbocycles. The zero-order valence-corrected chi connectivity index (χ0v) is 19.0. The van der Waals surface area contributed by atoms with E-state index in [2.05, 4.69) is 24.3 Å². The first-order valence-corrected chi connectivity index (χ1v) is 11.7. The third-order valence-electron chi connectivity index (χ3n) is 6.93. The maximum absolute atomic E-state index is 8.69. The van der Waals surface area contributed by atoms with E-state index in [9.17, 15) is 0 Å². The fourth-order valence-electron chi connectivity index (χ4n) is 5.33. The molecular weight excluding hydrogens is 440 g/mol. The molecule has 5 aromatic carbocycles. The number of hydrogen-bond acceptors (Lipinski definition) is 2. The number of rotatable bonds is 2. The van der Waals surface area contributed by atoms with Gasteiger partial charge in [-0.15, -0.1) is 0 Å². The monoisotopic (exact) mass is 465 g/mol. The quantitative estimate of drug-likeness (QED) is 0.255. The van der Waals surface area contributed by atoms with Crippen LogP contribution in [0, 0.1) is 0 Å². The van der Waals surface area contributed by atoms with E-state index in [-0.39, 0.29) is 29.9 Å². The van der Waals surface area contributed by atoms with Gasteiger partial charge in [-0.3, -0.25) is 4.98 Å². The molecule has 8 rings (SSSR count). The van der Waals surface area contributed by atoms with Crippen molar-refractivity contribution in [3.63, 3.8) is 0 Å². The van der Waals surface area contributed by atoms with Crippen LogP contribution in [0.25, 0.3) is 71.5 Å². The lowest BCUT2D eigenvalue weighted by atomic mass is 10.0. The molecule has 8 aromatic rings. The summed E-state index contributed by atoms with van der Waals surface area (Å²) >= 11 is 0. The van der Waals surface area contributed by atoms with Crippen LogP contribution in [-0.4, -0.2) is 9.55 Å². The number of pyridine rings is 1. The first-order chi connectivity index (χ1) is 19.9. The molecule has 3 heterocycles. The maximum Gasteiger partial charge on any atom is 0.144 e. The average molecular weight is 466 g/mol. The van der Waals surface area contributed by atoms with Crippen molar-refractivity contribution < 1.29 is 11.3 Å². The second-order valence-corrected chi connectivity index (χ2v) is 8.86. The van der Waals surface area contributed by atoms with Gasteiger partial charge in [0.2, 0.25) is 0 Å². The number of fused-ring (bicyclic) bond motifs is 8. The summed E-state index contributed by atoms with van der Waals surface area (Å²) in [7, 11) is 0. The lowest BCUT2D eigenvalue weighted by Crippen LogP contribution is -1.94. The van der Waals surface area contributed by atoms with Gasteiger partial charge in [-0.2, -0.15) is 0 Å². The van der Waals surface area contributed by atoms with Gasteiger partial charge < -0.3 is 8.98 Å². The van der Waals surface area contributed by atoms with Gasteiger partial charge in [-0.1, -0.05) is 78.8 Å². The third kappa shape index (κ3) is 2.65. The summed E-state index contributed by atoms with van der Waals surface area (Å²) in [6.07, 6.45) is 1.79. The molecule has 3 aromatic heterocycles. The van der Waals surface area contributed by atoms with Gasteiger partial charge in [0.25, 0.3) is 0 Å². The van der Waals surface area contributed by atoms with Crippen molar-refractivity contribution in [2.45, 2.75) is 0 Å². The van der Waals surface area contributed by atoms with Crippen molar-refractivity contribution in [3.8, 4) is 16.9 Å². The Morgan fingerprint density at radius 1 is 0.639 bits per heavy atom. The molecule has 0 aliphatic heterocycles. The van der Waals surface area contributed by atoms with Gasteiger partial charge in [0.1, 0.15) is 11.2 Å². The van der Waals surface area contributed by atoms with Gasteiger partial charge in [0.15, 0.2) is 0 Å². The van der Waals surface area contributed by atoms with Crippen molar-refractivity contribution >= 4 is 54.5 Å². The highest BCUT2D eigenvalue weighted by molar-refractivity contribution is 6.17. The molecule has 3 nitrogen and oxygen atoms in total. The zero-order chi connectivity index (χ0) is 28.0. The van der Waals surface area contributed by atoms with Crippen molar-refractivity contribution in [2.24, 2.45) is 0 Å². The molecule has 0 radical (unpaired) electrons. The van der Waals surface area contributed by atoms with Gasteiger partial charge >= 0.3 is 0 Å². The van der Waals surface area contributed by atoms with E-state index in [0.29, 0.717) is 11.2 Å². The molecule has 168 valence electrons. The van der Waals surface area contributed by atoms with Gasteiger partial charge in [-0.25, -0.2) is 0 Å². The number of benzene rings is 5. The van der Waals surface area contributed by atoms with Crippen molar-refractivity contribution in [1.29, 1.82) is 0 Å². The minimum atomic E-state index is -0.420. The molecule has 0 saturated heterocycles. The van der Waals surface area contributed by atoms with Gasteiger partial charge in [0, 0.05) is 44.4 Å². The number of nitrogens with zero attached hydrogens (tertiary/aromatic N) is 2. The zero-order valence-electron chi connectivity index (χ0n) is 24.0. The molecule has 0 saturated carbocycles. The third-order valence-corrected chi connectivity index (χ3v) is 6.93. The Labute approximate surface area is 213 Å². The molecule has 0 spiro atoms. The highest BCUT2D eigenvalue weighted by atomic mass is 16.3. The molecule has 0 unspecified atom stereocenters. The Hall–Kier alpha value is -4.89. The number of furan rings is 1. The fourth-order valence-corrected chi connectivity index (χ4v) is 5.33. The summed E-state index contributed by atoms with van der Waals surface area (Å²) in [6, 6.07) is 26.2. The molecule has 0 N–H and O–H groups in total. The molecule has 0 atom stereocenters. The summed E-state index contributed by atoms with van der Waals surface area (Å²) < 4.78 is 50.3. The molecule has 0 bridgehead atoms. The van der Waals surface area contributed by atoms with Crippen LogP contribution in [0.4, 0.5) is 0 Å². The van der Waals surface area contributed by atoms with E-state index >= 15 is 0 Å². The van der Waals surface area contributed by atoms with E-state index < -0.39 is 6.04 Å². The van der Waals surface area contributed by atoms with Crippen molar-refractivity contribution in [3.05, 3.63) is 121 Å². The Bertz CT molecular complexity index is 2360. The van der Waals surface area contributed by atoms with Crippen LogP contribution in [0.15, 0.2) is 126 Å². The van der Waals surface area contributed by atoms with Crippen LogP contribution in [0.5, 0.6) is 0 Å². The number of hydrogen-bond donors (Lipinski definition) is 0. The molecule has 3 heteroatoms. The van der Waals surface area contributed by atoms with E-state index in [1.54, 1.807) is 10.8 Å². The summed E-state index contributed by atoms with van der Waals surface area (Å²) in [5, 5.41) is 5.84. The fraction of sp³-hybridized carbons (Fsp3) is 0. The summed E-state index contributed by atoms with van der Waals surface area (Å²) in [4.78, 5) is 4.84. The second kappa shape index (κ2) is 7.30. The highest BCUT2D eigenvalue weighted by Crippen LogP contribution is 2.40. The first kappa shape index (κ1) is 15.2. The van der Waals surface area contributed by atoms with E-state index in [0.717, 1.165) is 54.6 Å². The van der Waals surface area contributed by atoms with Crippen LogP contribution in [0.2, 0.25) is 0 Å². The normalized spacial score (nSPS) is 13.8. The summed E-state index contributed by atoms with van der Waals surface area (Å²) in [6.45, 7) is 0. The molecule has 36 heavy (non-hydrogen) atoms. The second-order valence-electron chi connectivity index (χ2n) is 8.86. The van der Waals surface area contributed by atoms with Crippen LogP contribution in [0.3, 0.4) is 0 Å². The van der Waals surface area contributed by atoms with Crippen LogP contribution < -0.4 is 0 Å².